The predicted molar refractivity (Wildman–Crippen MR) is 52.7 cm³/mol. The third-order valence-corrected chi connectivity index (χ3v) is 1.98. The Hall–Kier alpha value is -0.870. The van der Waals surface area contributed by atoms with Crippen molar-refractivity contribution in [2.75, 3.05) is 0 Å². The van der Waals surface area contributed by atoms with Crippen molar-refractivity contribution in [2.24, 2.45) is 0 Å². The van der Waals surface area contributed by atoms with E-state index in [1.807, 2.05) is 6.92 Å². The summed E-state index contributed by atoms with van der Waals surface area (Å²) >= 11 is 0. The summed E-state index contributed by atoms with van der Waals surface area (Å²) in [6.07, 6.45) is 2.45. The number of carbonyl (C=O) groups is 1. The van der Waals surface area contributed by atoms with Gasteiger partial charge >= 0.3 is 5.97 Å². The van der Waals surface area contributed by atoms with Gasteiger partial charge in [-0.15, -0.1) is 0 Å². The largest absolute Gasteiger partial charge is 0.478 e. The number of aliphatic carboxylic acids is 1. The Bertz CT molecular complexity index is 208. The van der Waals surface area contributed by atoms with Gasteiger partial charge in [0.2, 0.25) is 0 Å². The number of carboxylic acid groups (broad SMARTS) is 1. The van der Waals surface area contributed by atoms with Crippen LogP contribution >= 0.6 is 0 Å². The highest BCUT2D eigenvalue weighted by Gasteiger charge is 2.25. The van der Waals surface area contributed by atoms with Crippen molar-refractivity contribution < 1.29 is 20.1 Å². The smallest absolute Gasteiger partial charge is 0.331 e. The van der Waals surface area contributed by atoms with E-state index in [9.17, 15) is 15.0 Å². The highest BCUT2D eigenvalue weighted by molar-refractivity contribution is 5.85. The Morgan fingerprint density at radius 1 is 1.36 bits per heavy atom. The van der Waals surface area contributed by atoms with Crippen LogP contribution in [0, 0.1) is 0 Å². The molecular weight excluding hydrogens is 184 g/mol. The fourth-order valence-corrected chi connectivity index (χ4v) is 1.16. The topological polar surface area (TPSA) is 77.8 Å². The molecule has 0 atom stereocenters. The van der Waals surface area contributed by atoms with E-state index in [0.717, 1.165) is 12.8 Å². The van der Waals surface area contributed by atoms with Crippen LogP contribution in [0.25, 0.3) is 0 Å². The molecule has 0 amide bonds. The van der Waals surface area contributed by atoms with Gasteiger partial charge in [-0.1, -0.05) is 26.3 Å². The fourth-order valence-electron chi connectivity index (χ4n) is 1.16. The van der Waals surface area contributed by atoms with Gasteiger partial charge in [-0.05, 0) is 6.42 Å². The number of hydrogen-bond donors (Lipinski definition) is 3. The molecule has 0 aliphatic carbocycles. The first-order valence-corrected chi connectivity index (χ1v) is 4.75. The molecule has 0 saturated heterocycles. The van der Waals surface area contributed by atoms with Crippen molar-refractivity contribution in [1.82, 2.24) is 0 Å². The van der Waals surface area contributed by atoms with Gasteiger partial charge in [0.25, 0.3) is 0 Å². The lowest BCUT2D eigenvalue weighted by molar-refractivity contribution is -0.168. The first-order valence-electron chi connectivity index (χ1n) is 4.75. The number of carboxylic acids is 1. The maximum Gasteiger partial charge on any atom is 0.331 e. The van der Waals surface area contributed by atoms with Crippen LogP contribution in [0.15, 0.2) is 12.2 Å². The van der Waals surface area contributed by atoms with Crippen LogP contribution < -0.4 is 0 Å². The second-order valence-electron chi connectivity index (χ2n) is 3.53. The third-order valence-electron chi connectivity index (χ3n) is 1.98. The van der Waals surface area contributed by atoms with Crippen LogP contribution in [-0.4, -0.2) is 27.1 Å². The van der Waals surface area contributed by atoms with Crippen molar-refractivity contribution >= 4 is 5.97 Å². The zero-order chi connectivity index (χ0) is 11.2. The van der Waals surface area contributed by atoms with E-state index in [2.05, 4.69) is 6.58 Å². The minimum absolute atomic E-state index is 0.175. The normalized spacial score (nSPS) is 11.4. The Morgan fingerprint density at radius 2 is 1.93 bits per heavy atom. The first kappa shape index (κ1) is 13.1. The number of unbranched alkanes of at least 4 members (excludes halogenated alkanes) is 2. The molecule has 0 rings (SSSR count). The SMILES string of the molecule is C=C(CC(O)(O)CCCCC)C(=O)O. The quantitative estimate of drug-likeness (QED) is 0.330. The molecule has 0 aliphatic heterocycles. The van der Waals surface area contributed by atoms with Crippen LogP contribution in [-0.2, 0) is 4.79 Å². The monoisotopic (exact) mass is 202 g/mol. The average molecular weight is 202 g/mol. The maximum absolute atomic E-state index is 10.4. The van der Waals surface area contributed by atoms with Gasteiger partial charge in [-0.3, -0.25) is 0 Å². The van der Waals surface area contributed by atoms with Gasteiger partial charge < -0.3 is 15.3 Å². The molecule has 3 N–H and O–H groups in total. The zero-order valence-corrected chi connectivity index (χ0v) is 8.49. The van der Waals surface area contributed by atoms with Gasteiger partial charge in [0.15, 0.2) is 5.79 Å². The minimum atomic E-state index is -1.93. The van der Waals surface area contributed by atoms with Gasteiger partial charge in [0, 0.05) is 18.4 Å². The molecule has 4 nitrogen and oxygen atoms in total. The minimum Gasteiger partial charge on any atom is -0.478 e. The van der Waals surface area contributed by atoms with Crippen LogP contribution in [0.1, 0.15) is 39.0 Å². The number of rotatable bonds is 7. The molecule has 0 spiro atoms. The Labute approximate surface area is 83.9 Å². The standard InChI is InChI=1S/C10H18O4/c1-3-4-5-6-10(13,14)7-8(2)9(11)12/h13-14H,2-7H2,1H3,(H,11,12). The molecule has 0 unspecified atom stereocenters. The van der Waals surface area contributed by atoms with Gasteiger partial charge in [0.1, 0.15) is 0 Å². The molecule has 0 aromatic rings. The van der Waals surface area contributed by atoms with Crippen molar-refractivity contribution in [3.8, 4) is 0 Å². The van der Waals surface area contributed by atoms with E-state index in [1.54, 1.807) is 0 Å². The lowest BCUT2D eigenvalue weighted by Crippen LogP contribution is -2.29. The van der Waals surface area contributed by atoms with Crippen LogP contribution in [0.3, 0.4) is 0 Å². The highest BCUT2D eigenvalue weighted by atomic mass is 16.5. The molecule has 14 heavy (non-hydrogen) atoms. The van der Waals surface area contributed by atoms with Crippen molar-refractivity contribution in [3.63, 3.8) is 0 Å². The molecule has 0 aromatic carbocycles. The maximum atomic E-state index is 10.4. The zero-order valence-electron chi connectivity index (χ0n) is 8.49. The predicted octanol–water partition coefficient (Wildman–Crippen LogP) is 1.28. The molecule has 0 saturated carbocycles. The Morgan fingerprint density at radius 3 is 2.36 bits per heavy atom. The third kappa shape index (κ3) is 5.72. The summed E-state index contributed by atoms with van der Waals surface area (Å²) in [6.45, 7) is 5.25. The summed E-state index contributed by atoms with van der Waals surface area (Å²) in [6, 6.07) is 0. The van der Waals surface area contributed by atoms with E-state index in [-0.39, 0.29) is 18.4 Å². The summed E-state index contributed by atoms with van der Waals surface area (Å²) < 4.78 is 0. The van der Waals surface area contributed by atoms with Crippen LogP contribution in [0.2, 0.25) is 0 Å². The van der Waals surface area contributed by atoms with Gasteiger partial charge in [0.05, 0.1) is 0 Å². The Kier molecular flexibility index (Phi) is 5.42. The summed E-state index contributed by atoms with van der Waals surface area (Å²) in [4.78, 5) is 10.4. The van der Waals surface area contributed by atoms with E-state index >= 15 is 0 Å². The lowest BCUT2D eigenvalue weighted by Gasteiger charge is -2.21. The van der Waals surface area contributed by atoms with Crippen LogP contribution in [0.5, 0.6) is 0 Å². The number of hydrogen-bond acceptors (Lipinski definition) is 3. The molecule has 4 heteroatoms. The summed E-state index contributed by atoms with van der Waals surface area (Å²) in [7, 11) is 0. The molecule has 0 fully saturated rings. The first-order chi connectivity index (χ1) is 6.39. The molecule has 0 aromatic heterocycles. The molecule has 0 aliphatic rings. The van der Waals surface area contributed by atoms with Crippen LogP contribution in [0.4, 0.5) is 0 Å². The van der Waals surface area contributed by atoms with E-state index in [0.29, 0.717) is 6.42 Å². The summed E-state index contributed by atoms with van der Waals surface area (Å²) in [5.74, 6) is -3.11. The molecule has 0 heterocycles. The van der Waals surface area contributed by atoms with E-state index in [1.165, 1.54) is 0 Å². The highest BCUT2D eigenvalue weighted by Crippen LogP contribution is 2.19. The average Bonchev–Trinajstić information content (AvgIpc) is 2.03. The fraction of sp³-hybridized carbons (Fsp3) is 0.700. The van der Waals surface area contributed by atoms with Gasteiger partial charge in [-0.2, -0.15) is 0 Å². The summed E-state index contributed by atoms with van der Waals surface area (Å²) in [5.41, 5.74) is -0.175. The van der Waals surface area contributed by atoms with Crippen molar-refractivity contribution in [1.29, 1.82) is 0 Å². The molecule has 0 bridgehead atoms. The lowest BCUT2D eigenvalue weighted by atomic mass is 10.0. The Balaban J connectivity index is 3.93. The van der Waals surface area contributed by atoms with E-state index in [4.69, 9.17) is 5.11 Å². The molecule has 82 valence electrons. The number of aliphatic hydroxyl groups is 2. The molecule has 0 radical (unpaired) electrons. The molecular formula is C10H18O4. The summed E-state index contributed by atoms with van der Waals surface area (Å²) in [5, 5.41) is 27.3. The van der Waals surface area contributed by atoms with Crippen molar-refractivity contribution in [2.45, 2.75) is 44.8 Å². The van der Waals surface area contributed by atoms with E-state index < -0.39 is 11.8 Å². The second kappa shape index (κ2) is 5.78. The second-order valence-corrected chi connectivity index (χ2v) is 3.53. The van der Waals surface area contributed by atoms with Gasteiger partial charge in [-0.25, -0.2) is 4.79 Å². The van der Waals surface area contributed by atoms with Crippen molar-refractivity contribution in [3.05, 3.63) is 12.2 Å².